The van der Waals surface area contributed by atoms with Crippen LogP contribution >= 0.6 is 11.8 Å². The molecule has 0 fully saturated rings. The van der Waals surface area contributed by atoms with Crippen molar-refractivity contribution in [2.45, 2.75) is 42.3 Å². The molecule has 0 amide bonds. The number of phenolic OH excluding ortho intramolecular Hbond substituents is 1. The summed E-state index contributed by atoms with van der Waals surface area (Å²) < 4.78 is 0. The molecule has 3 aliphatic rings. The Hall–Kier alpha value is -3.99. The summed E-state index contributed by atoms with van der Waals surface area (Å²) in [5, 5.41) is 49.0. The van der Waals surface area contributed by atoms with Gasteiger partial charge in [-0.05, 0) is 43.2 Å². The van der Waals surface area contributed by atoms with Crippen molar-refractivity contribution in [3.05, 3.63) is 115 Å². The number of nitrogens with zero attached hydrogens (tertiary/aromatic N) is 2. The van der Waals surface area contributed by atoms with Gasteiger partial charge in [-0.1, -0.05) is 24.3 Å². The highest BCUT2D eigenvalue weighted by Gasteiger charge is 2.23. The first-order valence-electron chi connectivity index (χ1n) is 11.9. The van der Waals surface area contributed by atoms with E-state index in [0.717, 1.165) is 24.2 Å². The second-order valence-corrected chi connectivity index (χ2v) is 10.4. The molecule has 0 saturated heterocycles. The lowest BCUT2D eigenvalue weighted by atomic mass is 10.0. The van der Waals surface area contributed by atoms with Crippen LogP contribution in [0.1, 0.15) is 24.8 Å². The maximum absolute atomic E-state index is 11.0. The Morgan fingerprint density at radius 2 is 1.57 bits per heavy atom. The lowest BCUT2D eigenvalue weighted by Gasteiger charge is -2.23. The van der Waals surface area contributed by atoms with Crippen LogP contribution in [0.15, 0.2) is 89.5 Å². The maximum atomic E-state index is 11.0. The largest absolute Gasteiger partial charge is 0.508 e. The van der Waals surface area contributed by atoms with Crippen LogP contribution in [0.2, 0.25) is 0 Å². The number of nitro groups is 2. The second kappa shape index (κ2) is 11.8. The van der Waals surface area contributed by atoms with Gasteiger partial charge in [0, 0.05) is 69.6 Å². The van der Waals surface area contributed by atoms with E-state index in [1.807, 2.05) is 23.9 Å². The summed E-state index contributed by atoms with van der Waals surface area (Å²) in [6.07, 6.45) is 17.3. The molecule has 0 radical (unpaired) electrons. The van der Waals surface area contributed by atoms with Gasteiger partial charge < -0.3 is 20.8 Å². The summed E-state index contributed by atoms with van der Waals surface area (Å²) in [7, 11) is 0. The predicted molar refractivity (Wildman–Crippen MR) is 143 cm³/mol. The fraction of sp³-hybridized carbons (Fsp3) is 0.308. The van der Waals surface area contributed by atoms with Crippen LogP contribution in [0.3, 0.4) is 0 Å². The van der Waals surface area contributed by atoms with Gasteiger partial charge in [0.15, 0.2) is 0 Å². The van der Waals surface area contributed by atoms with Crippen LogP contribution in [0, 0.1) is 20.2 Å². The predicted octanol–water partition coefficient (Wildman–Crippen LogP) is 4.55. The lowest BCUT2D eigenvalue weighted by molar-refractivity contribution is -0.508. The molecule has 10 nitrogen and oxygen atoms in total. The first-order chi connectivity index (χ1) is 17.8. The van der Waals surface area contributed by atoms with E-state index in [1.54, 1.807) is 0 Å². The molecule has 1 aromatic rings. The topological polar surface area (TPSA) is 151 Å². The molecule has 3 aliphatic carbocycles. The number of aliphatic hydroxyl groups excluding tert-OH is 1. The molecule has 0 heterocycles. The van der Waals surface area contributed by atoms with Gasteiger partial charge in [0.05, 0.1) is 4.92 Å². The van der Waals surface area contributed by atoms with Crippen LogP contribution in [-0.2, 0) is 6.54 Å². The Kier molecular flexibility index (Phi) is 8.34. The van der Waals surface area contributed by atoms with Crippen molar-refractivity contribution in [3.8, 4) is 5.75 Å². The van der Waals surface area contributed by atoms with Gasteiger partial charge in [-0.15, -0.1) is 11.8 Å². The summed E-state index contributed by atoms with van der Waals surface area (Å²) in [4.78, 5) is 21.2. The van der Waals surface area contributed by atoms with Crippen molar-refractivity contribution >= 4 is 17.4 Å². The van der Waals surface area contributed by atoms with Crippen LogP contribution in [0.25, 0.3) is 0 Å². The van der Waals surface area contributed by atoms with Crippen molar-refractivity contribution in [1.82, 2.24) is 10.6 Å². The Balaban J connectivity index is 1.21. The highest BCUT2D eigenvalue weighted by atomic mass is 32.2. The van der Waals surface area contributed by atoms with E-state index in [2.05, 4.69) is 34.9 Å². The van der Waals surface area contributed by atoms with E-state index in [-0.39, 0.29) is 35.1 Å². The van der Waals surface area contributed by atoms with Crippen molar-refractivity contribution in [2.75, 3.05) is 6.54 Å². The molecular formula is C26H28N4O6S. The number of phenols is 1. The Morgan fingerprint density at radius 3 is 2.14 bits per heavy atom. The normalized spacial score (nSPS) is 22.9. The summed E-state index contributed by atoms with van der Waals surface area (Å²) in [5.41, 5.74) is 2.76. The molecule has 0 bridgehead atoms. The highest BCUT2D eigenvalue weighted by molar-refractivity contribution is 8.00. The zero-order chi connectivity index (χ0) is 26.4. The van der Waals surface area contributed by atoms with Gasteiger partial charge >= 0.3 is 0 Å². The first kappa shape index (κ1) is 26.1. The molecule has 4 N–H and O–H groups in total. The third-order valence-electron chi connectivity index (χ3n) is 6.26. The quantitative estimate of drug-likeness (QED) is 0.255. The standard InChI is InChI=1S/C26H28N4O6S/c31-25-11-5-21(29(33)34)13-17(25)15-27-19-1-7-23(8-2-19)37-24-9-3-20(4-10-24)28-16-18-14-22(30(35)36)6-12-26(18)32/h1-5,7,9,11-14,22-24,27-28,31-32H,6,8,10,15-16H2. The van der Waals surface area contributed by atoms with Crippen molar-refractivity contribution in [3.63, 3.8) is 0 Å². The van der Waals surface area contributed by atoms with Crippen LogP contribution in [0.4, 0.5) is 5.69 Å². The number of hydrogen-bond donors (Lipinski definition) is 4. The van der Waals surface area contributed by atoms with E-state index in [1.165, 1.54) is 30.4 Å². The van der Waals surface area contributed by atoms with Crippen molar-refractivity contribution in [2.24, 2.45) is 0 Å². The molecule has 194 valence electrons. The molecule has 11 heteroatoms. The van der Waals surface area contributed by atoms with Gasteiger partial charge in [-0.25, -0.2) is 0 Å². The molecule has 0 aromatic heterocycles. The summed E-state index contributed by atoms with van der Waals surface area (Å²) in [6, 6.07) is 3.18. The zero-order valence-corrected chi connectivity index (χ0v) is 20.8. The molecule has 3 atom stereocenters. The third-order valence-corrected chi connectivity index (χ3v) is 7.65. The number of thioether (sulfide) groups is 1. The first-order valence-corrected chi connectivity index (χ1v) is 12.8. The van der Waals surface area contributed by atoms with Crippen LogP contribution in [-0.4, -0.2) is 43.1 Å². The second-order valence-electron chi connectivity index (χ2n) is 8.87. The number of nitro benzene ring substituents is 1. The van der Waals surface area contributed by atoms with E-state index < -0.39 is 11.0 Å². The Labute approximate surface area is 218 Å². The smallest absolute Gasteiger partial charge is 0.270 e. The summed E-state index contributed by atoms with van der Waals surface area (Å²) in [6.45, 7) is 0.602. The fourth-order valence-electron chi connectivity index (χ4n) is 4.16. The minimum absolute atomic E-state index is 0.0161. The molecule has 37 heavy (non-hydrogen) atoms. The fourth-order valence-corrected chi connectivity index (χ4v) is 5.36. The van der Waals surface area contributed by atoms with Gasteiger partial charge in [0.1, 0.15) is 11.5 Å². The number of hydrogen-bond acceptors (Lipinski definition) is 9. The zero-order valence-electron chi connectivity index (χ0n) is 19.9. The van der Waals surface area contributed by atoms with Crippen LogP contribution < -0.4 is 10.6 Å². The molecule has 0 spiro atoms. The average molecular weight is 525 g/mol. The lowest BCUT2D eigenvalue weighted by Crippen LogP contribution is -2.24. The van der Waals surface area contributed by atoms with Crippen molar-refractivity contribution in [1.29, 1.82) is 0 Å². The van der Waals surface area contributed by atoms with Gasteiger partial charge in [-0.2, -0.15) is 0 Å². The molecule has 3 unspecified atom stereocenters. The highest BCUT2D eigenvalue weighted by Crippen LogP contribution is 2.31. The van der Waals surface area contributed by atoms with Gasteiger partial charge in [-0.3, -0.25) is 20.2 Å². The van der Waals surface area contributed by atoms with E-state index in [9.17, 15) is 30.4 Å². The number of non-ortho nitro benzene ring substituents is 1. The molecule has 1 aromatic carbocycles. The molecule has 4 rings (SSSR count). The van der Waals surface area contributed by atoms with Crippen molar-refractivity contribution < 1.29 is 20.1 Å². The monoisotopic (exact) mass is 524 g/mol. The van der Waals surface area contributed by atoms with Crippen LogP contribution in [0.5, 0.6) is 5.75 Å². The third kappa shape index (κ3) is 7.04. The average Bonchev–Trinajstić information content (AvgIpc) is 2.89. The number of rotatable bonds is 10. The summed E-state index contributed by atoms with van der Waals surface area (Å²) >= 11 is 1.85. The van der Waals surface area contributed by atoms with E-state index >= 15 is 0 Å². The SMILES string of the molecule is O=[N+]([O-])c1ccc(O)c(CNC2=CCC(SC3C=CC(NCC4=CC([N+](=O)[O-])CC=C4O)=CC3)C=C2)c1. The Bertz CT molecular complexity index is 1250. The molecule has 0 saturated carbocycles. The minimum atomic E-state index is -0.801. The number of benzene rings is 1. The number of nitrogens with one attached hydrogen (secondary N) is 2. The molecular weight excluding hydrogens is 496 g/mol. The number of allylic oxidation sites excluding steroid dienone is 4. The maximum Gasteiger partial charge on any atom is 0.270 e. The van der Waals surface area contributed by atoms with E-state index in [4.69, 9.17) is 0 Å². The number of aromatic hydroxyl groups is 1. The van der Waals surface area contributed by atoms with Gasteiger partial charge in [0.25, 0.3) is 5.69 Å². The number of aliphatic hydroxyl groups is 1. The Morgan fingerprint density at radius 1 is 0.919 bits per heavy atom. The molecule has 0 aliphatic heterocycles. The summed E-state index contributed by atoms with van der Waals surface area (Å²) in [5.74, 6) is 0.106. The minimum Gasteiger partial charge on any atom is -0.508 e. The van der Waals surface area contributed by atoms with Gasteiger partial charge in [0.2, 0.25) is 6.04 Å². The van der Waals surface area contributed by atoms with E-state index in [0.29, 0.717) is 28.2 Å².